The lowest BCUT2D eigenvalue weighted by molar-refractivity contribution is 0.114. The molecular formula is C6H15NO3. The van der Waals surface area contributed by atoms with Crippen molar-refractivity contribution >= 4 is 6.16 Å². The summed E-state index contributed by atoms with van der Waals surface area (Å²) in [6.07, 6.45) is 1.14. The van der Waals surface area contributed by atoms with Gasteiger partial charge in [0.2, 0.25) is 0 Å². The number of unbranched alkanes of at least 4 members (excludes halogenated alkanes) is 1. The van der Waals surface area contributed by atoms with Crippen LogP contribution in [0.15, 0.2) is 0 Å². The average Bonchev–Trinajstić information content (AvgIpc) is 1.91. The Morgan fingerprint density at radius 1 is 1.70 bits per heavy atom. The molecule has 4 heteroatoms. The van der Waals surface area contributed by atoms with Crippen LogP contribution < -0.4 is 5.73 Å². The van der Waals surface area contributed by atoms with Crippen LogP contribution in [0.5, 0.6) is 0 Å². The number of carboxylic acid groups (broad SMARTS) is 1. The number of hydrogen-bond acceptors (Lipinski definition) is 3. The van der Waals surface area contributed by atoms with E-state index in [4.69, 9.17) is 15.6 Å². The lowest BCUT2D eigenvalue weighted by atomic mass is 10.3. The van der Waals surface area contributed by atoms with Crippen molar-refractivity contribution in [1.29, 1.82) is 0 Å². The van der Waals surface area contributed by atoms with Gasteiger partial charge in [-0.2, -0.15) is 0 Å². The van der Waals surface area contributed by atoms with Gasteiger partial charge in [-0.3, -0.25) is 0 Å². The third-order valence-electron chi connectivity index (χ3n) is 0.732. The van der Waals surface area contributed by atoms with E-state index in [1.165, 1.54) is 12.8 Å². The fourth-order valence-corrected chi connectivity index (χ4v) is 0.204. The lowest BCUT2D eigenvalue weighted by Crippen LogP contribution is -1.95. The Kier molecular flexibility index (Phi) is 13.3. The second-order valence-electron chi connectivity index (χ2n) is 1.61. The molecule has 0 radical (unpaired) electrons. The molecule has 0 fully saturated rings. The normalized spacial score (nSPS) is 7.50. The molecular weight excluding hydrogens is 134 g/mol. The lowest BCUT2D eigenvalue weighted by Gasteiger charge is -1.80. The van der Waals surface area contributed by atoms with Crippen LogP contribution in [0.2, 0.25) is 0 Å². The highest BCUT2D eigenvalue weighted by molar-refractivity contribution is 5.56. The molecule has 0 saturated carbocycles. The minimum Gasteiger partial charge on any atom is -0.450 e. The van der Waals surface area contributed by atoms with Gasteiger partial charge in [-0.15, -0.1) is 0 Å². The van der Waals surface area contributed by atoms with E-state index in [-0.39, 0.29) is 0 Å². The fraction of sp³-hybridized carbons (Fsp3) is 0.833. The number of rotatable bonds is 2. The van der Waals surface area contributed by atoms with Crippen molar-refractivity contribution in [3.05, 3.63) is 0 Å². The van der Waals surface area contributed by atoms with Crippen LogP contribution in [-0.2, 0) is 4.74 Å². The maximum Gasteiger partial charge on any atom is 0.505 e. The molecule has 0 aliphatic rings. The van der Waals surface area contributed by atoms with Crippen molar-refractivity contribution in [2.75, 3.05) is 13.7 Å². The highest BCUT2D eigenvalue weighted by Gasteiger charge is 1.80. The largest absolute Gasteiger partial charge is 0.505 e. The van der Waals surface area contributed by atoms with E-state index in [9.17, 15) is 0 Å². The number of ether oxygens (including phenoxy) is 1. The van der Waals surface area contributed by atoms with Gasteiger partial charge in [-0.05, 0) is 13.0 Å². The van der Waals surface area contributed by atoms with Crippen molar-refractivity contribution in [2.24, 2.45) is 5.73 Å². The van der Waals surface area contributed by atoms with Gasteiger partial charge in [-0.1, -0.05) is 13.3 Å². The molecule has 0 aromatic carbocycles. The number of methoxy groups -OCH3 is 1. The molecule has 0 bridgehead atoms. The quantitative estimate of drug-likeness (QED) is 0.576. The first kappa shape index (κ1) is 12.0. The van der Waals surface area contributed by atoms with Crippen LogP contribution in [0.4, 0.5) is 4.79 Å². The molecule has 0 aliphatic carbocycles. The van der Waals surface area contributed by atoms with Gasteiger partial charge in [0.1, 0.15) is 0 Å². The molecule has 0 rings (SSSR count). The van der Waals surface area contributed by atoms with E-state index >= 15 is 0 Å². The zero-order valence-electron chi connectivity index (χ0n) is 6.46. The maximum absolute atomic E-state index is 9.15. The van der Waals surface area contributed by atoms with Gasteiger partial charge in [0.25, 0.3) is 0 Å². The molecule has 0 amide bonds. The summed E-state index contributed by atoms with van der Waals surface area (Å²) in [4.78, 5) is 9.15. The average molecular weight is 149 g/mol. The van der Waals surface area contributed by atoms with Gasteiger partial charge < -0.3 is 15.6 Å². The van der Waals surface area contributed by atoms with Gasteiger partial charge >= 0.3 is 6.16 Å². The smallest absolute Gasteiger partial charge is 0.450 e. The summed E-state index contributed by atoms with van der Waals surface area (Å²) < 4.78 is 3.67. The number of carbonyl (C=O) groups is 1. The van der Waals surface area contributed by atoms with Gasteiger partial charge in [0.15, 0.2) is 0 Å². The molecule has 0 aromatic heterocycles. The highest BCUT2D eigenvalue weighted by Crippen LogP contribution is 1.77. The molecule has 0 unspecified atom stereocenters. The van der Waals surface area contributed by atoms with Crippen LogP contribution >= 0.6 is 0 Å². The SMILES string of the molecule is CCCCN.COC(=O)O. The zero-order chi connectivity index (χ0) is 8.41. The Bertz CT molecular complexity index is 73.4. The molecule has 0 aromatic rings. The van der Waals surface area contributed by atoms with Crippen molar-refractivity contribution in [1.82, 2.24) is 0 Å². The number of nitrogens with two attached hydrogens (primary N) is 1. The second kappa shape index (κ2) is 11.1. The van der Waals surface area contributed by atoms with Crippen molar-refractivity contribution in [3.8, 4) is 0 Å². The second-order valence-corrected chi connectivity index (χ2v) is 1.61. The summed E-state index contributed by atoms with van der Waals surface area (Å²) in [5.74, 6) is 0. The van der Waals surface area contributed by atoms with E-state index < -0.39 is 6.16 Å². The van der Waals surface area contributed by atoms with E-state index in [1.807, 2.05) is 0 Å². The van der Waals surface area contributed by atoms with Crippen molar-refractivity contribution in [3.63, 3.8) is 0 Å². The van der Waals surface area contributed by atoms with Crippen LogP contribution in [-0.4, -0.2) is 24.9 Å². The third-order valence-corrected chi connectivity index (χ3v) is 0.732. The van der Waals surface area contributed by atoms with Crippen molar-refractivity contribution < 1.29 is 14.6 Å². The van der Waals surface area contributed by atoms with E-state index in [0.29, 0.717) is 0 Å². The minimum atomic E-state index is -1.25. The predicted octanol–water partition coefficient (Wildman–Crippen LogP) is 1.06. The van der Waals surface area contributed by atoms with Crippen LogP contribution in [0.25, 0.3) is 0 Å². The summed E-state index contributed by atoms with van der Waals surface area (Å²) in [6, 6.07) is 0. The van der Waals surface area contributed by atoms with Crippen LogP contribution in [0.1, 0.15) is 19.8 Å². The summed E-state index contributed by atoms with van der Waals surface area (Å²) in [5.41, 5.74) is 5.14. The summed E-state index contributed by atoms with van der Waals surface area (Å²) >= 11 is 0. The molecule has 0 aliphatic heterocycles. The Labute approximate surface area is 61.0 Å². The molecule has 0 atom stereocenters. The van der Waals surface area contributed by atoms with Gasteiger partial charge in [0, 0.05) is 0 Å². The summed E-state index contributed by atoms with van der Waals surface area (Å²) in [5, 5.41) is 7.50. The first-order valence-corrected chi connectivity index (χ1v) is 3.16. The topological polar surface area (TPSA) is 72.5 Å². The Hall–Kier alpha value is -0.770. The Morgan fingerprint density at radius 2 is 2.10 bits per heavy atom. The highest BCUT2D eigenvalue weighted by atomic mass is 16.6. The van der Waals surface area contributed by atoms with Gasteiger partial charge in [-0.25, -0.2) is 4.79 Å². The molecule has 62 valence electrons. The minimum absolute atomic E-state index is 0.844. The molecule has 10 heavy (non-hydrogen) atoms. The zero-order valence-corrected chi connectivity index (χ0v) is 6.46. The Balaban J connectivity index is 0. The molecule has 0 saturated heterocycles. The molecule has 4 nitrogen and oxygen atoms in total. The number of hydrogen-bond donors (Lipinski definition) is 2. The first-order valence-electron chi connectivity index (χ1n) is 3.16. The van der Waals surface area contributed by atoms with E-state index in [2.05, 4.69) is 11.7 Å². The van der Waals surface area contributed by atoms with Gasteiger partial charge in [0.05, 0.1) is 7.11 Å². The first-order chi connectivity index (χ1) is 4.68. The molecule has 3 N–H and O–H groups in total. The van der Waals surface area contributed by atoms with Crippen LogP contribution in [0, 0.1) is 0 Å². The van der Waals surface area contributed by atoms with Crippen molar-refractivity contribution in [2.45, 2.75) is 19.8 Å². The van der Waals surface area contributed by atoms with E-state index in [1.54, 1.807) is 0 Å². The van der Waals surface area contributed by atoms with Crippen LogP contribution in [0.3, 0.4) is 0 Å². The summed E-state index contributed by atoms with van der Waals surface area (Å²) in [7, 11) is 1.10. The Morgan fingerprint density at radius 3 is 2.10 bits per heavy atom. The maximum atomic E-state index is 9.15. The monoisotopic (exact) mass is 149 g/mol. The third kappa shape index (κ3) is 26.9. The van der Waals surface area contributed by atoms with E-state index in [0.717, 1.165) is 13.7 Å². The molecule has 0 heterocycles. The summed E-state index contributed by atoms with van der Waals surface area (Å²) in [6.45, 7) is 2.98. The predicted molar refractivity (Wildman–Crippen MR) is 39.0 cm³/mol. The molecule has 0 spiro atoms. The standard InChI is InChI=1S/C4H11N.C2H4O3/c1-2-3-4-5;1-5-2(3)4/h2-5H2,1H3;1H3,(H,3,4). The fourth-order valence-electron chi connectivity index (χ4n) is 0.204.